The molecule has 0 radical (unpaired) electrons. The minimum atomic E-state index is 0. The number of likely N-dealkylation sites (tertiary alicyclic amines) is 1. The number of H-pyrrole nitrogens is 1. The van der Waals surface area contributed by atoms with Crippen LogP contribution in [-0.4, -0.2) is 45.9 Å². The average molecular weight is 365 g/mol. The number of fused-ring (bicyclic) bond motifs is 1. The number of rotatable bonds is 3. The van der Waals surface area contributed by atoms with Crippen LogP contribution in [0.1, 0.15) is 20.7 Å². The molecule has 0 unspecified atom stereocenters. The number of anilines is 1. The van der Waals surface area contributed by atoms with Gasteiger partial charge in [-0.25, -0.2) is 4.98 Å². The fourth-order valence-electron chi connectivity index (χ4n) is 3.15. The van der Waals surface area contributed by atoms with Crippen LogP contribution in [-0.2, 0) is 4.79 Å². The third-order valence-electron chi connectivity index (χ3n) is 4.65. The first-order valence-electron chi connectivity index (χ1n) is 9.19. The summed E-state index contributed by atoms with van der Waals surface area (Å²) in [6, 6.07) is 6.08. The van der Waals surface area contributed by atoms with Crippen LogP contribution in [0.5, 0.6) is 0 Å². The first-order chi connectivity index (χ1) is 13.2. The number of pyridine rings is 2. The molecule has 0 aromatic carbocycles. The number of nitrogens with zero attached hydrogens (tertiary/aromatic N) is 3. The second-order valence-electron chi connectivity index (χ2n) is 6.40. The third-order valence-corrected chi connectivity index (χ3v) is 4.65. The van der Waals surface area contributed by atoms with Gasteiger partial charge in [0.05, 0.1) is 11.9 Å². The van der Waals surface area contributed by atoms with E-state index in [0.717, 1.165) is 53.8 Å². The van der Waals surface area contributed by atoms with E-state index in [4.69, 9.17) is 0 Å². The first kappa shape index (κ1) is 18.6. The second-order valence-corrected chi connectivity index (χ2v) is 6.40. The van der Waals surface area contributed by atoms with Crippen LogP contribution in [0.15, 0.2) is 55.6 Å². The molecule has 0 atom stereocenters. The smallest absolute Gasteiger partial charge is 0.245 e. The lowest BCUT2D eigenvalue weighted by Crippen LogP contribution is -2.34. The lowest BCUT2D eigenvalue weighted by atomic mass is 10.1. The number of amides is 1. The van der Waals surface area contributed by atoms with E-state index in [2.05, 4.69) is 32.9 Å². The Morgan fingerprint density at radius 2 is 2.04 bits per heavy atom. The van der Waals surface area contributed by atoms with E-state index in [0.29, 0.717) is 0 Å². The molecule has 1 saturated heterocycles. The summed E-state index contributed by atoms with van der Waals surface area (Å²) in [5, 5.41) is 4.21. The van der Waals surface area contributed by atoms with Crippen molar-refractivity contribution < 1.29 is 6.22 Å². The van der Waals surface area contributed by atoms with Gasteiger partial charge >= 0.3 is 0 Å². The quantitative estimate of drug-likeness (QED) is 0.686. The highest BCUT2D eigenvalue weighted by Gasteiger charge is 2.12. The van der Waals surface area contributed by atoms with Crippen molar-refractivity contribution in [3.63, 3.8) is 0 Å². The zero-order valence-corrected chi connectivity index (χ0v) is 15.6. The molecule has 4 heterocycles. The van der Waals surface area contributed by atoms with Gasteiger partial charge in [0.15, 0.2) is 0 Å². The maximum atomic E-state index is 11.0. The van der Waals surface area contributed by atoms with E-state index in [9.17, 15) is 4.79 Å². The van der Waals surface area contributed by atoms with Crippen LogP contribution in [0.2, 0.25) is 0 Å². The highest BCUT2D eigenvalue weighted by atomic mass is 16.2. The van der Waals surface area contributed by atoms with E-state index < -0.39 is 0 Å². The largest absolute Gasteiger partial charge is 0.387 e. The predicted octanol–water partition coefficient (Wildman–Crippen LogP) is 4.10. The van der Waals surface area contributed by atoms with Crippen molar-refractivity contribution in [2.24, 2.45) is 0 Å². The number of piperidine rings is 1. The maximum Gasteiger partial charge on any atom is 0.245 e. The summed E-state index contributed by atoms with van der Waals surface area (Å²) in [4.78, 5) is 24.4. The van der Waals surface area contributed by atoms with Crippen LogP contribution >= 0.6 is 0 Å². The van der Waals surface area contributed by atoms with Crippen molar-refractivity contribution in [2.75, 3.05) is 25.5 Å². The summed E-state index contributed by atoms with van der Waals surface area (Å²) in [5.74, 6) is 0.0831. The lowest BCUT2D eigenvalue weighted by molar-refractivity contribution is -0.126. The summed E-state index contributed by atoms with van der Waals surface area (Å²) >= 11 is 0. The van der Waals surface area contributed by atoms with E-state index in [-0.39, 0.29) is 7.33 Å². The molecule has 6 nitrogen and oxygen atoms in total. The summed E-state index contributed by atoms with van der Waals surface area (Å²) in [5.41, 5.74) is 4.19. The average Bonchev–Trinajstić information content (AvgIpc) is 3.18. The normalized spacial score (nSPS) is 13.6. The van der Waals surface area contributed by atoms with Crippen LogP contribution in [0.25, 0.3) is 22.2 Å². The molecule has 1 aliphatic rings. The molecular weight excluding hydrogens is 338 g/mol. The molecule has 2 N–H and O–H groups in total. The van der Waals surface area contributed by atoms with E-state index in [1.165, 1.54) is 12.5 Å². The number of aromatic nitrogens is 3. The van der Waals surface area contributed by atoms with Crippen LogP contribution < -0.4 is 5.32 Å². The van der Waals surface area contributed by atoms with Gasteiger partial charge in [-0.05, 0) is 49.1 Å². The molecule has 142 valence electrons. The Balaban J connectivity index is 0.000000221. The van der Waals surface area contributed by atoms with Gasteiger partial charge in [-0.15, -0.1) is 0 Å². The Morgan fingerprint density at radius 3 is 2.70 bits per heavy atom. The maximum absolute atomic E-state index is 11.0. The Hall–Kier alpha value is -3.15. The molecular formula is C21H27N5O. The molecule has 1 fully saturated rings. The molecule has 1 aliphatic heterocycles. The summed E-state index contributed by atoms with van der Waals surface area (Å²) < 4.78 is 0. The topological polar surface area (TPSA) is 73.9 Å². The zero-order valence-electron chi connectivity index (χ0n) is 15.6. The fraction of sp³-hybridized carbons (Fsp3) is 0.286. The molecule has 1 amide bonds. The van der Waals surface area contributed by atoms with Gasteiger partial charge < -0.3 is 15.2 Å². The number of carbonyl (C=O) groups excluding carboxylic acids is 1. The second kappa shape index (κ2) is 8.98. The summed E-state index contributed by atoms with van der Waals surface area (Å²) in [6.07, 6.45) is 12.3. The number of aromatic amines is 1. The van der Waals surface area contributed by atoms with Gasteiger partial charge in [0, 0.05) is 51.1 Å². The highest BCUT2D eigenvalue weighted by molar-refractivity contribution is 5.95. The van der Waals surface area contributed by atoms with Crippen LogP contribution in [0.3, 0.4) is 0 Å². The van der Waals surface area contributed by atoms with Crippen LogP contribution in [0, 0.1) is 0 Å². The van der Waals surface area contributed by atoms with Crippen molar-refractivity contribution >= 4 is 22.6 Å². The van der Waals surface area contributed by atoms with E-state index in [1.807, 2.05) is 36.5 Å². The molecule has 0 spiro atoms. The summed E-state index contributed by atoms with van der Waals surface area (Å²) in [6.45, 7) is 5.29. The third kappa shape index (κ3) is 4.53. The van der Waals surface area contributed by atoms with Gasteiger partial charge in [-0.3, -0.25) is 9.78 Å². The number of hydrogen-bond donors (Lipinski definition) is 2. The van der Waals surface area contributed by atoms with Gasteiger partial charge in [0.2, 0.25) is 5.91 Å². The number of carbonyl (C=O) groups is 1. The van der Waals surface area contributed by atoms with Crippen molar-refractivity contribution in [2.45, 2.75) is 19.3 Å². The molecule has 4 rings (SSSR count). The Labute approximate surface area is 160 Å². The van der Waals surface area contributed by atoms with Crippen molar-refractivity contribution in [3.8, 4) is 11.1 Å². The predicted molar refractivity (Wildman–Crippen MR) is 112 cm³/mol. The minimum Gasteiger partial charge on any atom is -0.387 e. The zero-order chi connectivity index (χ0) is 19.1. The van der Waals surface area contributed by atoms with Crippen LogP contribution in [0.4, 0.5) is 5.69 Å². The number of nitrogens with one attached hydrogen (secondary N) is 2. The summed E-state index contributed by atoms with van der Waals surface area (Å²) in [7, 11) is 1.89. The molecule has 0 saturated carbocycles. The highest BCUT2D eigenvalue weighted by Crippen LogP contribution is 2.28. The van der Waals surface area contributed by atoms with Gasteiger partial charge in [-0.1, -0.05) is 6.58 Å². The Kier molecular flexibility index (Phi) is 6.20. The SMILES string of the molecule is C=CC(=O)N1CCCCC1.CNc1cnc2[nH]cc(-c3ccncc3)c2c1.[HH]. The van der Waals surface area contributed by atoms with E-state index >= 15 is 0 Å². The van der Waals surface area contributed by atoms with Crippen molar-refractivity contribution in [1.82, 2.24) is 19.9 Å². The molecule has 3 aromatic heterocycles. The van der Waals surface area contributed by atoms with E-state index in [1.54, 1.807) is 12.4 Å². The minimum absolute atomic E-state index is 0. The Bertz CT molecular complexity index is 904. The molecule has 6 heteroatoms. The standard InChI is InChI=1S/C13H12N4.C8H13NO.H2/c1-14-10-6-11-12(8-17-13(11)16-7-10)9-2-4-15-5-3-9;1-2-8(10)9-6-4-3-5-7-9;/h2-8,14H,1H3,(H,16,17);2H,1,3-7H2;1H. The van der Waals surface area contributed by atoms with Crippen molar-refractivity contribution in [3.05, 3.63) is 55.6 Å². The van der Waals surface area contributed by atoms with Gasteiger partial charge in [0.1, 0.15) is 5.65 Å². The fourth-order valence-corrected chi connectivity index (χ4v) is 3.15. The van der Waals surface area contributed by atoms with Crippen molar-refractivity contribution in [1.29, 1.82) is 0 Å². The number of hydrogen-bond acceptors (Lipinski definition) is 4. The first-order valence-corrected chi connectivity index (χ1v) is 9.19. The molecule has 0 bridgehead atoms. The Morgan fingerprint density at radius 1 is 1.30 bits per heavy atom. The molecule has 3 aromatic rings. The molecule has 0 aliphatic carbocycles. The lowest BCUT2D eigenvalue weighted by Gasteiger charge is -2.25. The monoisotopic (exact) mass is 365 g/mol. The van der Waals surface area contributed by atoms with Gasteiger partial charge in [-0.2, -0.15) is 0 Å². The van der Waals surface area contributed by atoms with Gasteiger partial charge in [0.25, 0.3) is 0 Å². The molecule has 27 heavy (non-hydrogen) atoms.